The molecule has 0 saturated heterocycles. The molecule has 6 heteroatoms. The van der Waals surface area contributed by atoms with Crippen LogP contribution in [0.3, 0.4) is 0 Å². The quantitative estimate of drug-likeness (QED) is 0.897. The zero-order valence-corrected chi connectivity index (χ0v) is 12.2. The van der Waals surface area contributed by atoms with Crippen molar-refractivity contribution in [2.75, 3.05) is 6.54 Å². The van der Waals surface area contributed by atoms with Crippen LogP contribution in [0, 0.1) is 6.92 Å². The molecule has 1 amide bonds. The van der Waals surface area contributed by atoms with Gasteiger partial charge in [-0.2, -0.15) is 0 Å². The third-order valence-electron chi connectivity index (χ3n) is 3.30. The molecule has 1 heterocycles. The van der Waals surface area contributed by atoms with E-state index < -0.39 is 0 Å². The Kier molecular flexibility index (Phi) is 5.56. The number of thiazole rings is 1. The first kappa shape index (κ1) is 15.4. The average Bonchev–Trinajstić information content (AvgIpc) is 2.74. The molecule has 0 aromatic carbocycles. The van der Waals surface area contributed by atoms with Crippen LogP contribution in [0.25, 0.3) is 0 Å². The lowest BCUT2D eigenvalue weighted by atomic mass is 9.82. The summed E-state index contributed by atoms with van der Waals surface area (Å²) in [7, 11) is 0. The van der Waals surface area contributed by atoms with Gasteiger partial charge in [0.1, 0.15) is 4.88 Å². The fourth-order valence-corrected chi connectivity index (χ4v) is 2.94. The molecule has 2 rings (SSSR count). The number of nitrogens with one attached hydrogen (secondary N) is 1. The van der Waals surface area contributed by atoms with E-state index in [9.17, 15) is 4.79 Å². The highest BCUT2D eigenvalue weighted by atomic mass is 35.5. The summed E-state index contributed by atoms with van der Waals surface area (Å²) in [5.41, 5.74) is 6.06. The van der Waals surface area contributed by atoms with Gasteiger partial charge in [0.15, 0.2) is 0 Å². The predicted octanol–water partition coefficient (Wildman–Crippen LogP) is 2.26. The predicted molar refractivity (Wildman–Crippen MR) is 76.4 cm³/mol. The first-order valence-corrected chi connectivity index (χ1v) is 6.90. The largest absolute Gasteiger partial charge is 0.349 e. The maximum Gasteiger partial charge on any atom is 0.263 e. The first-order chi connectivity index (χ1) is 8.09. The SMILES string of the molecule is Cc1ncc(C(=O)NCC2(N)CCCCC2)s1.Cl. The van der Waals surface area contributed by atoms with E-state index in [0.29, 0.717) is 11.4 Å². The Morgan fingerprint density at radius 3 is 2.72 bits per heavy atom. The van der Waals surface area contributed by atoms with Gasteiger partial charge >= 0.3 is 0 Å². The monoisotopic (exact) mass is 289 g/mol. The Morgan fingerprint density at radius 2 is 2.17 bits per heavy atom. The minimum atomic E-state index is -0.201. The zero-order chi connectivity index (χ0) is 12.3. The Morgan fingerprint density at radius 1 is 1.50 bits per heavy atom. The maximum absolute atomic E-state index is 11.8. The van der Waals surface area contributed by atoms with Crippen molar-refractivity contribution in [3.05, 3.63) is 16.1 Å². The Labute approximate surface area is 118 Å². The van der Waals surface area contributed by atoms with Crippen LogP contribution in [0.2, 0.25) is 0 Å². The van der Waals surface area contributed by atoms with Crippen molar-refractivity contribution in [2.24, 2.45) is 5.73 Å². The molecule has 0 spiro atoms. The highest BCUT2D eigenvalue weighted by molar-refractivity contribution is 7.13. The lowest BCUT2D eigenvalue weighted by Crippen LogP contribution is -2.51. The van der Waals surface area contributed by atoms with Gasteiger partial charge in [-0.1, -0.05) is 19.3 Å². The van der Waals surface area contributed by atoms with Gasteiger partial charge in [0.2, 0.25) is 0 Å². The van der Waals surface area contributed by atoms with Crippen molar-refractivity contribution in [2.45, 2.75) is 44.6 Å². The number of amides is 1. The summed E-state index contributed by atoms with van der Waals surface area (Å²) in [6.07, 6.45) is 7.25. The van der Waals surface area contributed by atoms with Crippen molar-refractivity contribution in [3.63, 3.8) is 0 Å². The van der Waals surface area contributed by atoms with Gasteiger partial charge in [0.25, 0.3) is 5.91 Å². The molecular formula is C12H20ClN3OS. The van der Waals surface area contributed by atoms with Gasteiger partial charge in [-0.3, -0.25) is 4.79 Å². The van der Waals surface area contributed by atoms with E-state index in [1.165, 1.54) is 30.6 Å². The molecule has 4 nitrogen and oxygen atoms in total. The number of carbonyl (C=O) groups excluding carboxylic acids is 1. The third-order valence-corrected chi connectivity index (χ3v) is 4.21. The third kappa shape index (κ3) is 3.93. The topological polar surface area (TPSA) is 68.0 Å². The number of nitrogens with zero attached hydrogens (tertiary/aromatic N) is 1. The van der Waals surface area contributed by atoms with Crippen LogP contribution in [0.5, 0.6) is 0 Å². The van der Waals surface area contributed by atoms with E-state index in [2.05, 4.69) is 10.3 Å². The van der Waals surface area contributed by atoms with Crippen molar-refractivity contribution < 1.29 is 4.79 Å². The molecule has 0 atom stereocenters. The number of carbonyl (C=O) groups is 1. The summed E-state index contributed by atoms with van der Waals surface area (Å²) in [5, 5.41) is 3.84. The van der Waals surface area contributed by atoms with E-state index in [1.807, 2.05) is 6.92 Å². The molecule has 0 bridgehead atoms. The molecule has 1 fully saturated rings. The molecule has 1 aromatic rings. The molecule has 0 radical (unpaired) electrons. The second-order valence-electron chi connectivity index (χ2n) is 4.85. The summed E-state index contributed by atoms with van der Waals surface area (Å²) < 4.78 is 0. The second-order valence-corrected chi connectivity index (χ2v) is 6.08. The van der Waals surface area contributed by atoms with Crippen LogP contribution < -0.4 is 11.1 Å². The normalized spacial score (nSPS) is 17.9. The number of hydrogen-bond acceptors (Lipinski definition) is 4. The molecule has 0 unspecified atom stereocenters. The fraction of sp³-hybridized carbons (Fsp3) is 0.667. The van der Waals surface area contributed by atoms with E-state index in [0.717, 1.165) is 17.8 Å². The minimum absolute atomic E-state index is 0. The lowest BCUT2D eigenvalue weighted by molar-refractivity contribution is 0.0941. The van der Waals surface area contributed by atoms with Crippen LogP contribution in [0.1, 0.15) is 46.8 Å². The first-order valence-electron chi connectivity index (χ1n) is 6.09. The Bertz CT molecular complexity index is 402. The summed E-state index contributed by atoms with van der Waals surface area (Å²) >= 11 is 1.42. The standard InChI is InChI=1S/C12H19N3OS.ClH/c1-9-14-7-10(17-9)11(16)15-8-12(13)5-3-2-4-6-12;/h7H,2-6,8,13H2,1H3,(H,15,16);1H. The molecule has 102 valence electrons. The molecular weight excluding hydrogens is 270 g/mol. The molecule has 1 aliphatic carbocycles. The number of hydrogen-bond donors (Lipinski definition) is 2. The van der Waals surface area contributed by atoms with Crippen LogP contribution >= 0.6 is 23.7 Å². The van der Waals surface area contributed by atoms with Crippen molar-refractivity contribution in [1.82, 2.24) is 10.3 Å². The van der Waals surface area contributed by atoms with E-state index in [-0.39, 0.29) is 23.9 Å². The van der Waals surface area contributed by atoms with Crippen LogP contribution in [0.4, 0.5) is 0 Å². The fourth-order valence-electron chi connectivity index (χ4n) is 2.24. The molecule has 1 aromatic heterocycles. The summed E-state index contributed by atoms with van der Waals surface area (Å²) in [6, 6.07) is 0. The molecule has 3 N–H and O–H groups in total. The van der Waals surface area contributed by atoms with E-state index >= 15 is 0 Å². The van der Waals surface area contributed by atoms with Gasteiger partial charge in [0, 0.05) is 12.1 Å². The van der Waals surface area contributed by atoms with Gasteiger partial charge in [-0.15, -0.1) is 23.7 Å². The zero-order valence-electron chi connectivity index (χ0n) is 10.6. The molecule has 0 aliphatic heterocycles. The minimum Gasteiger partial charge on any atom is -0.349 e. The molecule has 18 heavy (non-hydrogen) atoms. The number of aromatic nitrogens is 1. The smallest absolute Gasteiger partial charge is 0.263 e. The van der Waals surface area contributed by atoms with Crippen molar-refractivity contribution in [1.29, 1.82) is 0 Å². The lowest BCUT2D eigenvalue weighted by Gasteiger charge is -2.33. The summed E-state index contributed by atoms with van der Waals surface area (Å²) in [6.45, 7) is 2.47. The Balaban J connectivity index is 0.00000162. The van der Waals surface area contributed by atoms with Gasteiger partial charge < -0.3 is 11.1 Å². The number of rotatable bonds is 3. The van der Waals surface area contributed by atoms with Crippen LogP contribution in [-0.2, 0) is 0 Å². The van der Waals surface area contributed by atoms with Crippen molar-refractivity contribution >= 4 is 29.7 Å². The number of aryl methyl sites for hydroxylation is 1. The van der Waals surface area contributed by atoms with E-state index in [1.54, 1.807) is 6.20 Å². The van der Waals surface area contributed by atoms with Gasteiger partial charge in [0.05, 0.1) is 11.2 Å². The molecule has 1 saturated carbocycles. The van der Waals surface area contributed by atoms with Crippen molar-refractivity contribution in [3.8, 4) is 0 Å². The van der Waals surface area contributed by atoms with Gasteiger partial charge in [-0.05, 0) is 19.8 Å². The molecule has 1 aliphatic rings. The van der Waals surface area contributed by atoms with Crippen LogP contribution in [0.15, 0.2) is 6.20 Å². The Hall–Kier alpha value is -0.650. The summed E-state index contributed by atoms with van der Waals surface area (Å²) in [5.74, 6) is -0.0500. The second kappa shape index (κ2) is 6.50. The number of halogens is 1. The highest BCUT2D eigenvalue weighted by Gasteiger charge is 2.27. The van der Waals surface area contributed by atoms with E-state index in [4.69, 9.17) is 5.73 Å². The highest BCUT2D eigenvalue weighted by Crippen LogP contribution is 2.25. The maximum atomic E-state index is 11.8. The summed E-state index contributed by atoms with van der Waals surface area (Å²) in [4.78, 5) is 16.6. The van der Waals surface area contributed by atoms with Gasteiger partial charge in [-0.25, -0.2) is 4.98 Å². The average molecular weight is 290 g/mol. The number of nitrogens with two attached hydrogens (primary N) is 1. The van der Waals surface area contributed by atoms with Crippen LogP contribution in [-0.4, -0.2) is 23.0 Å².